The summed E-state index contributed by atoms with van der Waals surface area (Å²) in [6.07, 6.45) is 4.06. The SMILES string of the molecule is CC(=O)NCCC[C@H](CC(=O)[C@@H](Cc1c[nH]c2ccccc12)NC(C)C)C(=O)C(C)C. The summed E-state index contributed by atoms with van der Waals surface area (Å²) in [5, 5.41) is 7.29. The average molecular weight is 428 g/mol. The zero-order valence-electron chi connectivity index (χ0n) is 19.5. The summed E-state index contributed by atoms with van der Waals surface area (Å²) in [6.45, 7) is 9.81. The molecule has 0 aliphatic rings. The standard InChI is InChI=1S/C25H37N3O3/c1-16(2)25(31)19(9-8-12-26-18(5)29)14-24(30)23(28-17(3)4)13-20-15-27-22-11-7-6-10-21(20)22/h6-7,10-11,15-17,19,23,27-28H,8-9,12-14H2,1-5H3,(H,26,29)/t19-,23-/m1/s1. The Morgan fingerprint density at radius 3 is 2.42 bits per heavy atom. The van der Waals surface area contributed by atoms with Gasteiger partial charge in [-0.2, -0.15) is 0 Å². The number of carbonyl (C=O) groups is 3. The van der Waals surface area contributed by atoms with Gasteiger partial charge in [-0.15, -0.1) is 0 Å². The molecule has 0 radical (unpaired) electrons. The van der Waals surface area contributed by atoms with E-state index >= 15 is 0 Å². The first-order valence-corrected chi connectivity index (χ1v) is 11.3. The van der Waals surface area contributed by atoms with Crippen molar-refractivity contribution in [3.63, 3.8) is 0 Å². The molecule has 2 rings (SSSR count). The van der Waals surface area contributed by atoms with Crippen molar-refractivity contribution in [3.05, 3.63) is 36.0 Å². The van der Waals surface area contributed by atoms with Crippen molar-refractivity contribution in [1.29, 1.82) is 0 Å². The fraction of sp³-hybridized carbons (Fsp3) is 0.560. The fourth-order valence-corrected chi connectivity index (χ4v) is 4.00. The Labute approximate surface area is 185 Å². The number of rotatable bonds is 13. The zero-order chi connectivity index (χ0) is 23.0. The van der Waals surface area contributed by atoms with Gasteiger partial charge in [0.15, 0.2) is 5.78 Å². The third-order valence-corrected chi connectivity index (χ3v) is 5.54. The van der Waals surface area contributed by atoms with Crippen LogP contribution in [0.3, 0.4) is 0 Å². The van der Waals surface area contributed by atoms with Gasteiger partial charge in [0.2, 0.25) is 5.91 Å². The Morgan fingerprint density at radius 1 is 1.06 bits per heavy atom. The van der Waals surface area contributed by atoms with Crippen molar-refractivity contribution in [3.8, 4) is 0 Å². The number of benzene rings is 1. The number of amides is 1. The van der Waals surface area contributed by atoms with Gasteiger partial charge in [0.05, 0.1) is 6.04 Å². The number of fused-ring (bicyclic) bond motifs is 1. The minimum Gasteiger partial charge on any atom is -0.361 e. The molecule has 0 unspecified atom stereocenters. The Hall–Kier alpha value is -2.47. The van der Waals surface area contributed by atoms with E-state index in [0.717, 1.165) is 16.5 Å². The molecule has 6 heteroatoms. The summed E-state index contributed by atoms with van der Waals surface area (Å²) in [7, 11) is 0. The molecule has 0 bridgehead atoms. The van der Waals surface area contributed by atoms with Crippen LogP contribution in [0.4, 0.5) is 0 Å². The van der Waals surface area contributed by atoms with Crippen LogP contribution >= 0.6 is 0 Å². The van der Waals surface area contributed by atoms with E-state index in [9.17, 15) is 14.4 Å². The smallest absolute Gasteiger partial charge is 0.216 e. The third-order valence-electron chi connectivity index (χ3n) is 5.54. The molecule has 1 aromatic carbocycles. The molecule has 0 saturated heterocycles. The van der Waals surface area contributed by atoms with E-state index in [1.54, 1.807) is 0 Å². The number of Topliss-reactive ketones (excluding diaryl/α,β-unsaturated/α-hetero) is 2. The van der Waals surface area contributed by atoms with Crippen LogP contribution in [-0.2, 0) is 20.8 Å². The molecule has 0 aliphatic heterocycles. The molecular formula is C25H37N3O3. The van der Waals surface area contributed by atoms with Crippen molar-refractivity contribution in [2.75, 3.05) is 6.54 Å². The van der Waals surface area contributed by atoms with Crippen LogP contribution in [0, 0.1) is 11.8 Å². The molecule has 170 valence electrons. The topological polar surface area (TPSA) is 91.1 Å². The molecule has 31 heavy (non-hydrogen) atoms. The minimum absolute atomic E-state index is 0.0671. The van der Waals surface area contributed by atoms with Gasteiger partial charge in [0.25, 0.3) is 0 Å². The summed E-state index contributed by atoms with van der Waals surface area (Å²) in [6, 6.07) is 7.87. The van der Waals surface area contributed by atoms with E-state index in [1.165, 1.54) is 6.92 Å². The molecule has 3 N–H and O–H groups in total. The molecule has 1 heterocycles. The van der Waals surface area contributed by atoms with E-state index in [-0.39, 0.29) is 47.8 Å². The van der Waals surface area contributed by atoms with E-state index in [0.29, 0.717) is 25.8 Å². The molecule has 2 aromatic rings. The van der Waals surface area contributed by atoms with Crippen LogP contribution in [0.25, 0.3) is 10.9 Å². The molecule has 0 saturated carbocycles. The molecule has 1 aromatic heterocycles. The normalized spacial score (nSPS) is 13.5. The van der Waals surface area contributed by atoms with Crippen molar-refractivity contribution >= 4 is 28.4 Å². The van der Waals surface area contributed by atoms with Crippen LogP contribution in [-0.4, -0.2) is 41.1 Å². The van der Waals surface area contributed by atoms with Gasteiger partial charge in [0.1, 0.15) is 5.78 Å². The lowest BCUT2D eigenvalue weighted by molar-refractivity contribution is -0.131. The van der Waals surface area contributed by atoms with Crippen molar-refractivity contribution in [2.24, 2.45) is 11.8 Å². The number of aromatic nitrogens is 1. The highest BCUT2D eigenvalue weighted by Gasteiger charge is 2.28. The quantitative estimate of drug-likeness (QED) is 0.424. The first-order chi connectivity index (χ1) is 14.7. The Balaban J connectivity index is 2.13. The predicted octanol–water partition coefficient (Wildman–Crippen LogP) is 3.79. The van der Waals surface area contributed by atoms with Gasteiger partial charge in [-0.1, -0.05) is 45.9 Å². The first kappa shape index (κ1) is 24.8. The molecule has 0 spiro atoms. The van der Waals surface area contributed by atoms with Gasteiger partial charge >= 0.3 is 0 Å². The van der Waals surface area contributed by atoms with Crippen molar-refractivity contribution in [1.82, 2.24) is 15.6 Å². The summed E-state index contributed by atoms with van der Waals surface area (Å²) in [5.74, 6) is -0.337. The highest BCUT2D eigenvalue weighted by molar-refractivity contribution is 5.92. The minimum atomic E-state index is -0.350. The van der Waals surface area contributed by atoms with Crippen molar-refractivity contribution in [2.45, 2.75) is 72.4 Å². The summed E-state index contributed by atoms with van der Waals surface area (Å²) in [5.41, 5.74) is 2.15. The highest BCUT2D eigenvalue weighted by Crippen LogP contribution is 2.22. The second-order valence-corrected chi connectivity index (χ2v) is 8.99. The Morgan fingerprint density at radius 2 is 1.77 bits per heavy atom. The summed E-state index contributed by atoms with van der Waals surface area (Å²) in [4.78, 5) is 40.5. The largest absolute Gasteiger partial charge is 0.361 e. The second-order valence-electron chi connectivity index (χ2n) is 8.99. The van der Waals surface area contributed by atoms with Crippen molar-refractivity contribution < 1.29 is 14.4 Å². The Bertz CT molecular complexity index is 885. The lowest BCUT2D eigenvalue weighted by Gasteiger charge is -2.23. The number of H-pyrrole nitrogens is 1. The average Bonchev–Trinajstić information content (AvgIpc) is 3.11. The lowest BCUT2D eigenvalue weighted by Crippen LogP contribution is -2.43. The monoisotopic (exact) mass is 427 g/mol. The number of ketones is 2. The maximum atomic E-state index is 13.3. The summed E-state index contributed by atoms with van der Waals surface area (Å²) < 4.78 is 0. The van der Waals surface area contributed by atoms with Crippen LogP contribution in [0.5, 0.6) is 0 Å². The number of carbonyl (C=O) groups excluding carboxylic acids is 3. The maximum absolute atomic E-state index is 13.3. The van der Waals surface area contributed by atoms with E-state index < -0.39 is 0 Å². The lowest BCUT2D eigenvalue weighted by atomic mass is 9.85. The molecule has 2 atom stereocenters. The molecular weight excluding hydrogens is 390 g/mol. The summed E-state index contributed by atoms with van der Waals surface area (Å²) >= 11 is 0. The molecule has 0 fully saturated rings. The van der Waals surface area contributed by atoms with Gasteiger partial charge in [-0.05, 0) is 30.9 Å². The van der Waals surface area contributed by atoms with Gasteiger partial charge in [0, 0.05) is 54.9 Å². The number of hydrogen-bond donors (Lipinski definition) is 3. The van der Waals surface area contributed by atoms with E-state index in [4.69, 9.17) is 0 Å². The van der Waals surface area contributed by atoms with E-state index in [2.05, 4.69) is 21.7 Å². The zero-order valence-corrected chi connectivity index (χ0v) is 19.5. The van der Waals surface area contributed by atoms with Crippen LogP contribution in [0.15, 0.2) is 30.5 Å². The molecule has 6 nitrogen and oxygen atoms in total. The number of aromatic amines is 1. The highest BCUT2D eigenvalue weighted by atomic mass is 16.1. The predicted molar refractivity (Wildman–Crippen MR) is 125 cm³/mol. The van der Waals surface area contributed by atoms with Gasteiger partial charge < -0.3 is 15.6 Å². The van der Waals surface area contributed by atoms with Crippen LogP contribution < -0.4 is 10.6 Å². The fourth-order valence-electron chi connectivity index (χ4n) is 4.00. The number of para-hydroxylation sites is 1. The van der Waals surface area contributed by atoms with Crippen LogP contribution in [0.1, 0.15) is 59.4 Å². The third kappa shape index (κ3) is 7.62. The first-order valence-electron chi connectivity index (χ1n) is 11.3. The van der Waals surface area contributed by atoms with Crippen LogP contribution in [0.2, 0.25) is 0 Å². The molecule has 0 aliphatic carbocycles. The van der Waals surface area contributed by atoms with Gasteiger partial charge in [-0.25, -0.2) is 0 Å². The van der Waals surface area contributed by atoms with Gasteiger partial charge in [-0.3, -0.25) is 14.4 Å². The Kier molecular flexibility index (Phi) is 9.44. The molecule has 1 amide bonds. The number of nitrogens with one attached hydrogen (secondary N) is 3. The number of hydrogen-bond acceptors (Lipinski definition) is 4. The second kappa shape index (κ2) is 11.8. The van der Waals surface area contributed by atoms with E-state index in [1.807, 2.05) is 52.1 Å². The maximum Gasteiger partial charge on any atom is 0.216 e.